The first kappa shape index (κ1) is 13.7. The van der Waals surface area contributed by atoms with Gasteiger partial charge in [-0.05, 0) is 26.2 Å². The van der Waals surface area contributed by atoms with Gasteiger partial charge in [0, 0.05) is 6.04 Å². The summed E-state index contributed by atoms with van der Waals surface area (Å²) >= 11 is 0. The quantitative estimate of drug-likeness (QED) is 0.666. The Morgan fingerprint density at radius 2 is 1.93 bits per heavy atom. The molecule has 0 saturated carbocycles. The molecule has 3 nitrogen and oxygen atoms in total. The molecule has 1 N–H and O–H groups in total. The van der Waals surface area contributed by atoms with E-state index in [9.17, 15) is 8.42 Å². The van der Waals surface area contributed by atoms with Crippen molar-refractivity contribution in [1.82, 2.24) is 4.72 Å². The number of hydrogen-bond acceptors (Lipinski definition) is 2. The van der Waals surface area contributed by atoms with Crippen LogP contribution in [0.25, 0.3) is 0 Å². The molecule has 0 unspecified atom stereocenters. The largest absolute Gasteiger partial charge is 0.212 e. The molecule has 84 valence electrons. The minimum atomic E-state index is -3.07. The zero-order valence-electron chi connectivity index (χ0n) is 9.29. The molecule has 0 saturated heterocycles. The van der Waals surface area contributed by atoms with Gasteiger partial charge in [-0.3, -0.25) is 0 Å². The van der Waals surface area contributed by atoms with Gasteiger partial charge < -0.3 is 0 Å². The molecule has 0 aromatic rings. The second kappa shape index (κ2) is 7.01. The van der Waals surface area contributed by atoms with Gasteiger partial charge in [-0.15, -0.1) is 0 Å². The number of hydrogen-bond donors (Lipinski definition) is 1. The Balaban J connectivity index is 3.90. The highest BCUT2D eigenvalue weighted by molar-refractivity contribution is 7.89. The van der Waals surface area contributed by atoms with Gasteiger partial charge in [0.05, 0.1) is 5.75 Å². The molecule has 0 heterocycles. The topological polar surface area (TPSA) is 46.2 Å². The van der Waals surface area contributed by atoms with Crippen molar-refractivity contribution in [3.05, 3.63) is 12.2 Å². The molecule has 14 heavy (non-hydrogen) atoms. The highest BCUT2D eigenvalue weighted by atomic mass is 32.2. The highest BCUT2D eigenvalue weighted by Gasteiger charge is 2.11. The third kappa shape index (κ3) is 7.09. The first-order valence-electron chi connectivity index (χ1n) is 5.16. The Morgan fingerprint density at radius 3 is 2.43 bits per heavy atom. The van der Waals surface area contributed by atoms with Gasteiger partial charge in [-0.25, -0.2) is 13.1 Å². The number of rotatable bonds is 7. The summed E-state index contributed by atoms with van der Waals surface area (Å²) in [5.41, 5.74) is 0. The van der Waals surface area contributed by atoms with E-state index in [1.165, 1.54) is 0 Å². The Bertz CT molecular complexity index is 257. The van der Waals surface area contributed by atoms with E-state index >= 15 is 0 Å². The number of sulfonamides is 1. The predicted molar refractivity (Wildman–Crippen MR) is 60.7 cm³/mol. The summed E-state index contributed by atoms with van der Waals surface area (Å²) < 4.78 is 25.5. The van der Waals surface area contributed by atoms with Crippen LogP contribution in [0.1, 0.15) is 40.0 Å². The van der Waals surface area contributed by atoms with Gasteiger partial charge in [0.25, 0.3) is 0 Å². The zero-order chi connectivity index (χ0) is 11.0. The molecule has 4 heteroatoms. The van der Waals surface area contributed by atoms with Crippen molar-refractivity contribution in [2.75, 3.05) is 5.75 Å². The van der Waals surface area contributed by atoms with Crippen LogP contribution < -0.4 is 4.72 Å². The molecule has 1 atom stereocenters. The smallest absolute Gasteiger partial charge is 0.212 e. The Labute approximate surface area is 87.6 Å². The Hall–Kier alpha value is -0.350. The van der Waals surface area contributed by atoms with Crippen molar-refractivity contribution >= 4 is 10.0 Å². The third-order valence-corrected chi connectivity index (χ3v) is 3.48. The van der Waals surface area contributed by atoms with Gasteiger partial charge in [0.1, 0.15) is 0 Å². The van der Waals surface area contributed by atoms with Crippen LogP contribution in [-0.2, 0) is 10.0 Å². The van der Waals surface area contributed by atoms with Gasteiger partial charge in [0.15, 0.2) is 0 Å². The SMILES string of the molecule is CC/C=C/CCS(=O)(=O)N[C@H](C)CC. The lowest BCUT2D eigenvalue weighted by molar-refractivity contribution is 0.555. The van der Waals surface area contributed by atoms with Crippen LogP contribution in [0.2, 0.25) is 0 Å². The summed E-state index contributed by atoms with van der Waals surface area (Å²) in [5, 5.41) is 0. The van der Waals surface area contributed by atoms with Crippen LogP contribution >= 0.6 is 0 Å². The Morgan fingerprint density at radius 1 is 1.29 bits per heavy atom. The number of nitrogens with one attached hydrogen (secondary N) is 1. The van der Waals surface area contributed by atoms with Gasteiger partial charge in [-0.2, -0.15) is 0 Å². The molecule has 0 fully saturated rings. The zero-order valence-corrected chi connectivity index (χ0v) is 10.1. The third-order valence-electron chi connectivity index (χ3n) is 1.95. The molecular weight excluding hydrogens is 198 g/mol. The maximum atomic E-state index is 11.4. The monoisotopic (exact) mass is 219 g/mol. The minimum absolute atomic E-state index is 0.0372. The molecule has 0 radical (unpaired) electrons. The summed E-state index contributed by atoms with van der Waals surface area (Å²) in [5.74, 6) is 0.188. The van der Waals surface area contributed by atoms with Crippen LogP contribution in [0.4, 0.5) is 0 Å². The second-order valence-corrected chi connectivity index (χ2v) is 5.29. The van der Waals surface area contributed by atoms with Gasteiger partial charge >= 0.3 is 0 Å². The molecule has 0 aliphatic heterocycles. The fraction of sp³-hybridized carbons (Fsp3) is 0.800. The van der Waals surface area contributed by atoms with Crippen molar-refractivity contribution in [1.29, 1.82) is 0 Å². The predicted octanol–water partition coefficient (Wildman–Crippen LogP) is 2.06. The van der Waals surface area contributed by atoms with E-state index in [1.54, 1.807) is 0 Å². The van der Waals surface area contributed by atoms with Crippen molar-refractivity contribution < 1.29 is 8.42 Å². The Kier molecular flexibility index (Phi) is 6.83. The number of allylic oxidation sites excluding steroid dienone is 2. The standard InChI is InChI=1S/C10H21NO2S/c1-4-6-7-8-9-14(12,13)11-10(3)5-2/h6-7,10-11H,4-5,8-9H2,1-3H3/b7-6+/t10-/m1/s1. The lowest BCUT2D eigenvalue weighted by Gasteiger charge is -2.10. The first-order chi connectivity index (χ1) is 6.52. The van der Waals surface area contributed by atoms with E-state index < -0.39 is 10.0 Å². The van der Waals surface area contributed by atoms with Crippen molar-refractivity contribution in [2.24, 2.45) is 0 Å². The lowest BCUT2D eigenvalue weighted by atomic mass is 10.3. The molecule has 0 amide bonds. The summed E-state index contributed by atoms with van der Waals surface area (Å²) in [4.78, 5) is 0. The summed E-state index contributed by atoms with van der Waals surface area (Å²) in [6.45, 7) is 5.87. The maximum absolute atomic E-state index is 11.4. The molecule has 0 rings (SSSR count). The van der Waals surface area contributed by atoms with E-state index in [0.29, 0.717) is 6.42 Å². The van der Waals surface area contributed by atoms with E-state index in [4.69, 9.17) is 0 Å². The van der Waals surface area contributed by atoms with Crippen molar-refractivity contribution in [3.63, 3.8) is 0 Å². The molecule has 0 aliphatic carbocycles. The van der Waals surface area contributed by atoms with E-state index in [1.807, 2.05) is 32.9 Å². The fourth-order valence-electron chi connectivity index (χ4n) is 0.956. The van der Waals surface area contributed by atoms with E-state index in [2.05, 4.69) is 4.72 Å². The normalized spacial score (nSPS) is 14.8. The molecule has 0 spiro atoms. The van der Waals surface area contributed by atoms with Gasteiger partial charge in [0.2, 0.25) is 10.0 Å². The van der Waals surface area contributed by atoms with E-state index in [-0.39, 0.29) is 11.8 Å². The first-order valence-corrected chi connectivity index (χ1v) is 6.82. The summed E-state index contributed by atoms with van der Waals surface area (Å²) in [7, 11) is -3.07. The van der Waals surface area contributed by atoms with Crippen LogP contribution in [-0.4, -0.2) is 20.2 Å². The second-order valence-electron chi connectivity index (χ2n) is 3.41. The molecule has 0 bridgehead atoms. The molecular formula is C10H21NO2S. The van der Waals surface area contributed by atoms with Crippen LogP contribution in [0.3, 0.4) is 0 Å². The summed E-state index contributed by atoms with van der Waals surface area (Å²) in [6.07, 6.45) is 6.27. The average Bonchev–Trinajstić information content (AvgIpc) is 2.12. The van der Waals surface area contributed by atoms with Crippen molar-refractivity contribution in [3.8, 4) is 0 Å². The average molecular weight is 219 g/mol. The maximum Gasteiger partial charge on any atom is 0.212 e. The molecule has 0 aromatic heterocycles. The lowest BCUT2D eigenvalue weighted by Crippen LogP contribution is -2.33. The molecule has 0 aliphatic rings. The van der Waals surface area contributed by atoms with Gasteiger partial charge in [-0.1, -0.05) is 26.0 Å². The molecule has 0 aromatic carbocycles. The van der Waals surface area contributed by atoms with Crippen LogP contribution in [0.15, 0.2) is 12.2 Å². The highest BCUT2D eigenvalue weighted by Crippen LogP contribution is 1.97. The fourth-order valence-corrected chi connectivity index (χ4v) is 2.30. The summed E-state index contributed by atoms with van der Waals surface area (Å²) in [6, 6.07) is 0.0372. The minimum Gasteiger partial charge on any atom is -0.212 e. The van der Waals surface area contributed by atoms with Crippen LogP contribution in [0.5, 0.6) is 0 Å². The van der Waals surface area contributed by atoms with E-state index in [0.717, 1.165) is 12.8 Å². The van der Waals surface area contributed by atoms with Crippen molar-refractivity contribution in [2.45, 2.75) is 46.1 Å². The van der Waals surface area contributed by atoms with Crippen LogP contribution in [0, 0.1) is 0 Å².